The number of ether oxygens (including phenoxy) is 4. The average Bonchev–Trinajstić information content (AvgIpc) is 2.96. The summed E-state index contributed by atoms with van der Waals surface area (Å²) in [5.74, 6) is -0.805. The molecule has 0 unspecified atom stereocenters. The van der Waals surface area contributed by atoms with Crippen molar-refractivity contribution in [1.29, 1.82) is 0 Å². The number of esters is 1. The van der Waals surface area contributed by atoms with Gasteiger partial charge in [-0.3, -0.25) is 4.79 Å². The third kappa shape index (κ3) is 13.5. The summed E-state index contributed by atoms with van der Waals surface area (Å²) in [5.41, 5.74) is 1.11. The van der Waals surface area contributed by atoms with E-state index in [0.29, 0.717) is 13.0 Å². The molecule has 5 nitrogen and oxygen atoms in total. The Hall–Kier alpha value is -1.69. The number of hydrogen-bond donors (Lipinski definition) is 0. The molecule has 4 rings (SSSR count). The molecule has 0 aliphatic carbocycles. The van der Waals surface area contributed by atoms with E-state index in [0.717, 1.165) is 51.1 Å². The summed E-state index contributed by atoms with van der Waals surface area (Å²) in [5, 5.41) is 0. The van der Waals surface area contributed by atoms with E-state index < -0.39 is 5.97 Å². The van der Waals surface area contributed by atoms with Crippen molar-refractivity contribution < 1.29 is 23.7 Å². The zero-order chi connectivity index (χ0) is 27.5. The van der Waals surface area contributed by atoms with E-state index in [1.807, 2.05) is 30.3 Å². The van der Waals surface area contributed by atoms with Crippen LogP contribution >= 0.6 is 0 Å². The molecule has 3 aliphatic heterocycles. The molecule has 0 radical (unpaired) electrons. The Labute approximate surface area is 238 Å². The van der Waals surface area contributed by atoms with Gasteiger partial charge in [0.05, 0.1) is 19.8 Å². The number of carbonyl (C=O) groups excluding carboxylic acids is 1. The highest BCUT2D eigenvalue weighted by Crippen LogP contribution is 2.40. The van der Waals surface area contributed by atoms with Crippen LogP contribution in [0, 0.1) is 5.41 Å². The van der Waals surface area contributed by atoms with Gasteiger partial charge in [-0.2, -0.15) is 0 Å². The van der Waals surface area contributed by atoms with Crippen LogP contribution in [-0.4, -0.2) is 31.8 Å². The summed E-state index contributed by atoms with van der Waals surface area (Å²) >= 11 is 0. The van der Waals surface area contributed by atoms with Gasteiger partial charge in [0, 0.05) is 18.3 Å². The molecule has 3 saturated heterocycles. The van der Waals surface area contributed by atoms with Crippen LogP contribution in [0.25, 0.3) is 0 Å². The summed E-state index contributed by atoms with van der Waals surface area (Å²) in [6.07, 6.45) is 26.1. The van der Waals surface area contributed by atoms with Gasteiger partial charge in [0.1, 0.15) is 6.61 Å². The van der Waals surface area contributed by atoms with E-state index in [-0.39, 0.29) is 11.4 Å². The first-order chi connectivity index (χ1) is 19.1. The molecule has 1 aromatic rings. The number of hydrogen-bond acceptors (Lipinski definition) is 5. The fraction of sp³-hybridized carbons (Fsp3) is 0.735. The Morgan fingerprint density at radius 2 is 1.21 bits per heavy atom. The Balaban J connectivity index is 0.993. The van der Waals surface area contributed by atoms with E-state index >= 15 is 0 Å². The van der Waals surface area contributed by atoms with Crippen molar-refractivity contribution in [3.63, 3.8) is 0 Å². The van der Waals surface area contributed by atoms with E-state index in [4.69, 9.17) is 18.9 Å². The van der Waals surface area contributed by atoms with E-state index in [9.17, 15) is 4.79 Å². The van der Waals surface area contributed by atoms with Crippen LogP contribution < -0.4 is 0 Å². The minimum absolute atomic E-state index is 0.0575. The van der Waals surface area contributed by atoms with Crippen molar-refractivity contribution in [1.82, 2.24) is 0 Å². The first kappa shape index (κ1) is 31.8. The van der Waals surface area contributed by atoms with Gasteiger partial charge >= 0.3 is 5.97 Å². The molecule has 0 N–H and O–H groups in total. The number of allylic oxidation sites excluding steroid dienone is 2. The Morgan fingerprint density at radius 3 is 1.77 bits per heavy atom. The first-order valence-electron chi connectivity index (χ1n) is 15.9. The third-order valence-electron chi connectivity index (χ3n) is 7.94. The second-order valence-corrected chi connectivity index (χ2v) is 12.0. The molecular formula is C34H54O5. The highest BCUT2D eigenvalue weighted by molar-refractivity contribution is 5.69. The maximum absolute atomic E-state index is 11.8. The van der Waals surface area contributed by atoms with Gasteiger partial charge in [-0.05, 0) is 44.1 Å². The fourth-order valence-corrected chi connectivity index (χ4v) is 5.27. The third-order valence-corrected chi connectivity index (χ3v) is 7.94. The molecule has 0 amide bonds. The molecule has 0 spiro atoms. The molecule has 0 saturated carbocycles. The van der Waals surface area contributed by atoms with E-state index in [1.165, 1.54) is 83.5 Å². The van der Waals surface area contributed by atoms with Gasteiger partial charge in [0.25, 0.3) is 5.97 Å². The van der Waals surface area contributed by atoms with Crippen LogP contribution in [0.15, 0.2) is 42.5 Å². The van der Waals surface area contributed by atoms with Crippen LogP contribution in [0.4, 0.5) is 0 Å². The topological polar surface area (TPSA) is 54.0 Å². The average molecular weight is 543 g/mol. The SMILES string of the molecule is CC12COC(CCCCCCCCC/C=C\CCCCCCCCCC(=O)OCc3ccccc3)(OC1)OC2. The lowest BCUT2D eigenvalue weighted by Gasteiger charge is -2.50. The van der Waals surface area contributed by atoms with E-state index in [1.54, 1.807) is 0 Å². The molecule has 39 heavy (non-hydrogen) atoms. The molecule has 220 valence electrons. The number of carbonyl (C=O) groups is 1. The van der Waals surface area contributed by atoms with Crippen molar-refractivity contribution in [2.24, 2.45) is 5.41 Å². The summed E-state index contributed by atoms with van der Waals surface area (Å²) in [6.45, 7) is 4.84. The molecule has 2 bridgehead atoms. The minimum Gasteiger partial charge on any atom is -0.461 e. The summed E-state index contributed by atoms with van der Waals surface area (Å²) in [6, 6.07) is 9.87. The first-order valence-corrected chi connectivity index (χ1v) is 15.9. The lowest BCUT2D eigenvalue weighted by molar-refractivity contribution is -0.467. The van der Waals surface area contributed by atoms with Gasteiger partial charge in [-0.25, -0.2) is 0 Å². The van der Waals surface area contributed by atoms with Gasteiger partial charge < -0.3 is 18.9 Å². The Morgan fingerprint density at radius 1 is 0.718 bits per heavy atom. The molecule has 3 heterocycles. The largest absolute Gasteiger partial charge is 0.461 e. The minimum atomic E-state index is -0.730. The van der Waals surface area contributed by atoms with Gasteiger partial charge in [-0.1, -0.05) is 114 Å². The molecule has 0 atom stereocenters. The number of benzene rings is 1. The predicted octanol–water partition coefficient (Wildman–Crippen LogP) is 9.04. The zero-order valence-corrected chi connectivity index (χ0v) is 24.6. The number of fused-ring (bicyclic) bond motifs is 3. The standard InChI is InChI=1S/C34H54O5/c1-33-28-37-34(38-29-33,39-30-33)26-22-17-15-13-11-9-7-5-3-2-4-6-8-10-12-14-16-21-25-32(35)36-27-31-23-19-18-20-24-31/h2-3,18-20,23-24H,4-17,21-22,25-30H2,1H3/b3-2-. The maximum Gasteiger partial charge on any atom is 0.306 e. The summed E-state index contributed by atoms with van der Waals surface area (Å²) in [7, 11) is 0. The quantitative estimate of drug-likeness (QED) is 0.0831. The molecule has 0 aromatic heterocycles. The van der Waals surface area contributed by atoms with Crippen LogP contribution in [-0.2, 0) is 30.3 Å². The van der Waals surface area contributed by atoms with Crippen molar-refractivity contribution in [2.45, 2.75) is 135 Å². The highest BCUT2D eigenvalue weighted by Gasteiger charge is 2.49. The van der Waals surface area contributed by atoms with Crippen molar-refractivity contribution in [3.05, 3.63) is 48.0 Å². The maximum atomic E-state index is 11.8. The number of unbranched alkanes of at least 4 members (excludes halogenated alkanes) is 14. The van der Waals surface area contributed by atoms with Crippen LogP contribution in [0.5, 0.6) is 0 Å². The normalized spacial score (nSPS) is 22.5. The second kappa shape index (κ2) is 18.6. The summed E-state index contributed by atoms with van der Waals surface area (Å²) in [4.78, 5) is 11.8. The van der Waals surface area contributed by atoms with E-state index in [2.05, 4.69) is 19.1 Å². The van der Waals surface area contributed by atoms with Crippen molar-refractivity contribution in [2.75, 3.05) is 19.8 Å². The van der Waals surface area contributed by atoms with Gasteiger partial charge in [-0.15, -0.1) is 0 Å². The molecule has 3 fully saturated rings. The van der Waals surface area contributed by atoms with Crippen LogP contribution in [0.2, 0.25) is 0 Å². The van der Waals surface area contributed by atoms with Crippen molar-refractivity contribution in [3.8, 4) is 0 Å². The summed E-state index contributed by atoms with van der Waals surface area (Å²) < 4.78 is 22.9. The fourth-order valence-electron chi connectivity index (χ4n) is 5.27. The lowest BCUT2D eigenvalue weighted by atomic mass is 9.91. The van der Waals surface area contributed by atoms with Crippen molar-refractivity contribution >= 4 is 5.97 Å². The number of rotatable bonds is 22. The van der Waals surface area contributed by atoms with Crippen LogP contribution in [0.3, 0.4) is 0 Å². The zero-order valence-electron chi connectivity index (χ0n) is 24.6. The second-order valence-electron chi connectivity index (χ2n) is 12.0. The Kier molecular flexibility index (Phi) is 15.2. The van der Waals surface area contributed by atoms with Gasteiger partial charge in [0.15, 0.2) is 0 Å². The Bertz CT molecular complexity index is 781. The predicted molar refractivity (Wildman–Crippen MR) is 157 cm³/mol. The molecule has 3 aliphatic rings. The smallest absolute Gasteiger partial charge is 0.306 e. The monoisotopic (exact) mass is 542 g/mol. The van der Waals surface area contributed by atoms with Gasteiger partial charge in [0.2, 0.25) is 0 Å². The lowest BCUT2D eigenvalue weighted by Crippen LogP contribution is -2.58. The molecule has 5 heteroatoms. The highest BCUT2D eigenvalue weighted by atomic mass is 16.9. The van der Waals surface area contributed by atoms with Crippen LogP contribution in [0.1, 0.15) is 128 Å². The molecular weight excluding hydrogens is 488 g/mol. The molecule has 1 aromatic carbocycles.